The van der Waals surface area contributed by atoms with Crippen LogP contribution in [0.15, 0.2) is 27.1 Å². The molecule has 2 amide bonds. The number of urea groups is 1. The summed E-state index contributed by atoms with van der Waals surface area (Å²) in [5, 5.41) is 11.6. The van der Waals surface area contributed by atoms with Crippen LogP contribution in [0.2, 0.25) is 0 Å². The standard InChI is InChI=1S/C13H14Br2N2O3/c14-8-1-4-10(15)11(7-8)16-13(20)17(9-2-3-9)6-5-12(18)19/h1,4,7,9H,2-3,5-6H2,(H,16,20)(H,18,19). The molecule has 20 heavy (non-hydrogen) atoms. The van der Waals surface area contributed by atoms with Gasteiger partial charge in [0.15, 0.2) is 0 Å². The summed E-state index contributed by atoms with van der Waals surface area (Å²) in [6.45, 7) is 0.234. The zero-order valence-electron chi connectivity index (χ0n) is 10.6. The molecule has 0 spiro atoms. The van der Waals surface area contributed by atoms with Gasteiger partial charge >= 0.3 is 12.0 Å². The van der Waals surface area contributed by atoms with E-state index < -0.39 is 5.97 Å². The first-order valence-corrected chi connectivity index (χ1v) is 7.80. The van der Waals surface area contributed by atoms with E-state index in [4.69, 9.17) is 5.11 Å². The highest BCUT2D eigenvalue weighted by Gasteiger charge is 2.32. The first kappa shape index (κ1) is 15.3. The van der Waals surface area contributed by atoms with Crippen molar-refractivity contribution in [1.29, 1.82) is 0 Å². The molecule has 2 N–H and O–H groups in total. The number of hydrogen-bond acceptors (Lipinski definition) is 2. The van der Waals surface area contributed by atoms with E-state index in [1.165, 1.54) is 0 Å². The molecule has 7 heteroatoms. The van der Waals surface area contributed by atoms with Gasteiger partial charge in [-0.15, -0.1) is 0 Å². The Morgan fingerprint density at radius 1 is 1.35 bits per heavy atom. The smallest absolute Gasteiger partial charge is 0.322 e. The second kappa shape index (κ2) is 6.58. The van der Waals surface area contributed by atoms with Crippen LogP contribution in [0.25, 0.3) is 0 Å². The molecule has 1 fully saturated rings. The molecule has 108 valence electrons. The van der Waals surface area contributed by atoms with Crippen molar-refractivity contribution in [3.05, 3.63) is 27.1 Å². The van der Waals surface area contributed by atoms with E-state index in [0.29, 0.717) is 5.69 Å². The van der Waals surface area contributed by atoms with Crippen molar-refractivity contribution in [1.82, 2.24) is 4.90 Å². The minimum atomic E-state index is -0.896. The molecule has 1 aromatic rings. The molecule has 0 saturated heterocycles. The van der Waals surface area contributed by atoms with Crippen LogP contribution in [-0.2, 0) is 4.79 Å². The molecule has 0 heterocycles. The predicted molar refractivity (Wildman–Crippen MR) is 82.8 cm³/mol. The molecule has 2 rings (SSSR count). The maximum Gasteiger partial charge on any atom is 0.322 e. The maximum absolute atomic E-state index is 12.3. The number of rotatable bonds is 5. The van der Waals surface area contributed by atoms with E-state index in [1.54, 1.807) is 11.0 Å². The number of amides is 2. The molecule has 0 radical (unpaired) electrons. The summed E-state index contributed by atoms with van der Waals surface area (Å²) in [7, 11) is 0. The zero-order chi connectivity index (χ0) is 14.7. The predicted octanol–water partition coefficient (Wildman–Crippen LogP) is 3.68. The number of nitrogens with zero attached hydrogens (tertiary/aromatic N) is 1. The van der Waals surface area contributed by atoms with Crippen molar-refractivity contribution in [2.24, 2.45) is 0 Å². The Morgan fingerprint density at radius 3 is 2.65 bits per heavy atom. The molecule has 5 nitrogen and oxygen atoms in total. The molecule has 1 saturated carbocycles. The molecule has 1 aliphatic rings. The average Bonchev–Trinajstić information content (AvgIpc) is 3.18. The van der Waals surface area contributed by atoms with E-state index >= 15 is 0 Å². The summed E-state index contributed by atoms with van der Waals surface area (Å²) in [5.41, 5.74) is 0.658. The summed E-state index contributed by atoms with van der Waals surface area (Å²) in [6, 6.07) is 5.40. The molecule has 0 unspecified atom stereocenters. The van der Waals surface area contributed by atoms with Crippen LogP contribution in [0.3, 0.4) is 0 Å². The van der Waals surface area contributed by atoms with Gasteiger partial charge in [-0.1, -0.05) is 15.9 Å². The lowest BCUT2D eigenvalue weighted by molar-refractivity contribution is -0.137. The molecule has 0 atom stereocenters. The lowest BCUT2D eigenvalue weighted by Crippen LogP contribution is -2.38. The highest BCUT2D eigenvalue weighted by atomic mass is 79.9. The molecular formula is C13H14Br2N2O3. The van der Waals surface area contributed by atoms with E-state index in [-0.39, 0.29) is 25.0 Å². The van der Waals surface area contributed by atoms with Crippen LogP contribution in [-0.4, -0.2) is 34.6 Å². The van der Waals surface area contributed by atoms with Gasteiger partial charge in [0.2, 0.25) is 0 Å². The van der Waals surface area contributed by atoms with Gasteiger partial charge in [-0.05, 0) is 47.0 Å². The van der Waals surface area contributed by atoms with Crippen molar-refractivity contribution in [2.75, 3.05) is 11.9 Å². The Kier molecular flexibility index (Phi) is 5.04. The number of carboxylic acid groups (broad SMARTS) is 1. The van der Waals surface area contributed by atoms with E-state index in [1.807, 2.05) is 12.1 Å². The van der Waals surface area contributed by atoms with Crippen LogP contribution in [0.1, 0.15) is 19.3 Å². The monoisotopic (exact) mass is 404 g/mol. The highest BCUT2D eigenvalue weighted by molar-refractivity contribution is 9.11. The number of benzene rings is 1. The molecule has 0 bridgehead atoms. The second-order valence-corrected chi connectivity index (χ2v) is 6.39. The topological polar surface area (TPSA) is 69.6 Å². The Balaban J connectivity index is 2.04. The molecule has 0 aliphatic heterocycles. The zero-order valence-corrected chi connectivity index (χ0v) is 13.8. The number of carbonyl (C=O) groups is 2. The summed E-state index contributed by atoms with van der Waals surface area (Å²) in [5.74, 6) is -0.896. The van der Waals surface area contributed by atoms with Gasteiger partial charge < -0.3 is 15.3 Å². The molecule has 1 aromatic carbocycles. The fraction of sp³-hybridized carbons (Fsp3) is 0.385. The third-order valence-electron chi connectivity index (χ3n) is 2.99. The second-order valence-electron chi connectivity index (χ2n) is 4.62. The maximum atomic E-state index is 12.3. The first-order chi connectivity index (χ1) is 9.47. The van der Waals surface area contributed by atoms with Crippen molar-refractivity contribution in [2.45, 2.75) is 25.3 Å². The van der Waals surface area contributed by atoms with Crippen molar-refractivity contribution < 1.29 is 14.7 Å². The van der Waals surface area contributed by atoms with Gasteiger partial charge in [0.1, 0.15) is 0 Å². The van der Waals surface area contributed by atoms with E-state index in [2.05, 4.69) is 37.2 Å². The van der Waals surface area contributed by atoms with Crippen molar-refractivity contribution in [3.8, 4) is 0 Å². The third kappa shape index (κ3) is 4.21. The van der Waals surface area contributed by atoms with Crippen LogP contribution < -0.4 is 5.32 Å². The molecular weight excluding hydrogens is 392 g/mol. The number of anilines is 1. The first-order valence-electron chi connectivity index (χ1n) is 6.22. The highest BCUT2D eigenvalue weighted by Crippen LogP contribution is 2.30. The third-order valence-corrected chi connectivity index (χ3v) is 4.17. The summed E-state index contributed by atoms with van der Waals surface area (Å²) in [6.07, 6.45) is 1.84. The number of carbonyl (C=O) groups excluding carboxylic acids is 1. The van der Waals surface area contributed by atoms with Gasteiger partial charge in [-0.3, -0.25) is 4.79 Å². The number of nitrogens with one attached hydrogen (secondary N) is 1. The Bertz CT molecular complexity index is 532. The average molecular weight is 406 g/mol. The molecule has 0 aromatic heterocycles. The van der Waals surface area contributed by atoms with Gasteiger partial charge in [0.05, 0.1) is 12.1 Å². The van der Waals surface area contributed by atoms with Crippen LogP contribution in [0.5, 0.6) is 0 Å². The van der Waals surface area contributed by atoms with Gasteiger partial charge in [-0.2, -0.15) is 0 Å². The number of halogens is 2. The van der Waals surface area contributed by atoms with E-state index in [9.17, 15) is 9.59 Å². The summed E-state index contributed by atoms with van der Waals surface area (Å²) >= 11 is 6.73. The summed E-state index contributed by atoms with van der Waals surface area (Å²) in [4.78, 5) is 24.5. The van der Waals surface area contributed by atoms with Gasteiger partial charge in [0, 0.05) is 21.5 Å². The van der Waals surface area contributed by atoms with Crippen molar-refractivity contribution >= 4 is 49.5 Å². The van der Waals surface area contributed by atoms with Gasteiger partial charge in [-0.25, -0.2) is 4.79 Å². The minimum absolute atomic E-state index is 0.0381. The lowest BCUT2D eigenvalue weighted by atomic mass is 10.3. The Labute approximate surface area is 133 Å². The number of aliphatic carboxylic acids is 1. The quantitative estimate of drug-likeness (QED) is 0.784. The Morgan fingerprint density at radius 2 is 2.05 bits per heavy atom. The largest absolute Gasteiger partial charge is 0.481 e. The fourth-order valence-corrected chi connectivity index (χ4v) is 2.54. The number of carboxylic acids is 1. The Hall–Kier alpha value is -1.08. The van der Waals surface area contributed by atoms with Crippen LogP contribution in [0, 0.1) is 0 Å². The van der Waals surface area contributed by atoms with Crippen molar-refractivity contribution in [3.63, 3.8) is 0 Å². The summed E-state index contributed by atoms with van der Waals surface area (Å²) < 4.78 is 1.64. The fourth-order valence-electron chi connectivity index (χ4n) is 1.83. The minimum Gasteiger partial charge on any atom is -0.481 e. The van der Waals surface area contributed by atoms with Crippen LogP contribution >= 0.6 is 31.9 Å². The lowest BCUT2D eigenvalue weighted by Gasteiger charge is -2.22. The number of hydrogen-bond donors (Lipinski definition) is 2. The normalized spacial score (nSPS) is 13.9. The van der Waals surface area contributed by atoms with E-state index in [0.717, 1.165) is 21.8 Å². The molecule has 1 aliphatic carbocycles. The van der Waals surface area contributed by atoms with Gasteiger partial charge in [0.25, 0.3) is 0 Å². The van der Waals surface area contributed by atoms with Crippen LogP contribution in [0.4, 0.5) is 10.5 Å². The SMILES string of the molecule is O=C(O)CCN(C(=O)Nc1cc(Br)ccc1Br)C1CC1.